The molecule has 1 unspecified atom stereocenters. The number of carbonyl (C=O) groups excluding carboxylic acids is 1. The Hall–Kier alpha value is -0.610. The summed E-state index contributed by atoms with van der Waals surface area (Å²) < 4.78 is 10.1. The Morgan fingerprint density at radius 2 is 2.58 bits per heavy atom. The molecule has 0 aromatic heterocycles. The van der Waals surface area contributed by atoms with Crippen molar-refractivity contribution in [1.82, 2.24) is 5.32 Å². The quantitative estimate of drug-likeness (QED) is 0.594. The smallest absolute Gasteiger partial charge is 0.325 e. The summed E-state index contributed by atoms with van der Waals surface area (Å²) >= 11 is 0. The molecule has 4 nitrogen and oxygen atoms in total. The molecule has 1 rings (SSSR count). The first-order valence-corrected chi connectivity index (χ1v) is 4.32. The summed E-state index contributed by atoms with van der Waals surface area (Å²) in [5, 5.41) is 3.07. The summed E-state index contributed by atoms with van der Waals surface area (Å²) in [6.07, 6.45) is 0.954. The van der Waals surface area contributed by atoms with Crippen LogP contribution in [0.25, 0.3) is 0 Å². The van der Waals surface area contributed by atoms with Gasteiger partial charge in [-0.25, -0.2) is 0 Å². The Labute approximate surface area is 72.2 Å². The van der Waals surface area contributed by atoms with Crippen LogP contribution in [-0.2, 0) is 14.3 Å². The summed E-state index contributed by atoms with van der Waals surface area (Å²) in [5.41, 5.74) is 0. The van der Waals surface area contributed by atoms with Crippen molar-refractivity contribution in [2.45, 2.75) is 19.4 Å². The van der Waals surface area contributed by atoms with E-state index >= 15 is 0 Å². The van der Waals surface area contributed by atoms with Crippen molar-refractivity contribution in [3.05, 3.63) is 0 Å². The zero-order chi connectivity index (χ0) is 8.81. The minimum absolute atomic E-state index is 0.209. The van der Waals surface area contributed by atoms with Crippen LogP contribution in [0.15, 0.2) is 0 Å². The lowest BCUT2D eigenvalue weighted by Crippen LogP contribution is -2.40. The van der Waals surface area contributed by atoms with Crippen molar-refractivity contribution in [2.24, 2.45) is 0 Å². The monoisotopic (exact) mass is 173 g/mol. The lowest BCUT2D eigenvalue weighted by molar-refractivity contribution is -0.146. The van der Waals surface area contributed by atoms with Crippen molar-refractivity contribution in [3.8, 4) is 0 Å². The van der Waals surface area contributed by atoms with Crippen LogP contribution in [0.2, 0.25) is 0 Å². The fraction of sp³-hybridized carbons (Fsp3) is 0.875. The lowest BCUT2D eigenvalue weighted by atomic mass is 10.3. The summed E-state index contributed by atoms with van der Waals surface area (Å²) in [4.78, 5) is 11.2. The van der Waals surface area contributed by atoms with Crippen LogP contribution >= 0.6 is 0 Å². The van der Waals surface area contributed by atoms with E-state index in [1.807, 2.05) is 0 Å². The normalized spacial score (nSPS) is 24.6. The van der Waals surface area contributed by atoms with Crippen molar-refractivity contribution in [2.75, 3.05) is 26.4 Å². The van der Waals surface area contributed by atoms with E-state index in [0.29, 0.717) is 13.2 Å². The van der Waals surface area contributed by atoms with Gasteiger partial charge in [-0.05, 0) is 19.9 Å². The summed E-state index contributed by atoms with van der Waals surface area (Å²) in [5.74, 6) is -0.209. The predicted octanol–water partition coefficient (Wildman–Crippen LogP) is -0.0720. The number of ether oxygens (including phenoxy) is 2. The van der Waals surface area contributed by atoms with Crippen LogP contribution in [0.4, 0.5) is 0 Å². The largest absolute Gasteiger partial charge is 0.465 e. The number of esters is 1. The Morgan fingerprint density at radius 1 is 1.75 bits per heavy atom. The van der Waals surface area contributed by atoms with E-state index in [1.165, 1.54) is 0 Å². The molecule has 4 heteroatoms. The number of hydrogen-bond acceptors (Lipinski definition) is 4. The van der Waals surface area contributed by atoms with Crippen LogP contribution in [-0.4, -0.2) is 38.4 Å². The van der Waals surface area contributed by atoms with E-state index in [9.17, 15) is 4.79 Å². The third-order valence-corrected chi connectivity index (χ3v) is 1.71. The first-order chi connectivity index (χ1) is 5.84. The highest BCUT2D eigenvalue weighted by atomic mass is 16.5. The minimum Gasteiger partial charge on any atom is -0.465 e. The maximum Gasteiger partial charge on any atom is 0.325 e. The van der Waals surface area contributed by atoms with Crippen molar-refractivity contribution in [1.29, 1.82) is 0 Å². The van der Waals surface area contributed by atoms with Crippen LogP contribution in [0.3, 0.4) is 0 Å². The van der Waals surface area contributed by atoms with Crippen LogP contribution in [0.1, 0.15) is 13.3 Å². The number of hydrogen-bond donors (Lipinski definition) is 1. The van der Waals surface area contributed by atoms with E-state index < -0.39 is 0 Å². The summed E-state index contributed by atoms with van der Waals surface area (Å²) in [6.45, 7) is 4.21. The molecule has 70 valence electrons. The number of carbonyl (C=O) groups is 1. The zero-order valence-electron chi connectivity index (χ0n) is 7.34. The second-order valence-corrected chi connectivity index (χ2v) is 2.69. The van der Waals surface area contributed by atoms with Gasteiger partial charge in [-0.2, -0.15) is 0 Å². The average molecular weight is 173 g/mol. The molecule has 1 heterocycles. The molecular weight excluding hydrogens is 158 g/mol. The number of nitrogens with one attached hydrogen (secondary N) is 1. The van der Waals surface area contributed by atoms with Gasteiger partial charge in [0, 0.05) is 6.61 Å². The molecule has 0 bridgehead atoms. The maximum atomic E-state index is 11.2. The first-order valence-electron chi connectivity index (χ1n) is 4.32. The van der Waals surface area contributed by atoms with Crippen molar-refractivity contribution < 1.29 is 14.3 Å². The SMILES string of the molecule is CCOC(=O)C1COCCCN1. The van der Waals surface area contributed by atoms with E-state index in [2.05, 4.69) is 5.32 Å². The summed E-state index contributed by atoms with van der Waals surface area (Å²) in [7, 11) is 0. The second kappa shape index (κ2) is 5.11. The van der Waals surface area contributed by atoms with Crippen LogP contribution in [0, 0.1) is 0 Å². The molecule has 12 heavy (non-hydrogen) atoms. The third-order valence-electron chi connectivity index (χ3n) is 1.71. The van der Waals surface area contributed by atoms with Crippen LogP contribution in [0.5, 0.6) is 0 Å². The standard InChI is InChI=1S/C8H15NO3/c1-2-12-8(10)7-6-11-5-3-4-9-7/h7,9H,2-6H2,1H3. The molecule has 1 aliphatic rings. The fourth-order valence-corrected chi connectivity index (χ4v) is 1.10. The van der Waals surface area contributed by atoms with Gasteiger partial charge in [-0.3, -0.25) is 4.79 Å². The molecule has 1 fully saturated rings. The molecule has 1 N–H and O–H groups in total. The van der Waals surface area contributed by atoms with Crippen molar-refractivity contribution in [3.63, 3.8) is 0 Å². The fourth-order valence-electron chi connectivity index (χ4n) is 1.10. The Kier molecular flexibility index (Phi) is 4.04. The van der Waals surface area contributed by atoms with Gasteiger partial charge in [0.25, 0.3) is 0 Å². The molecule has 0 radical (unpaired) electrons. The molecule has 0 amide bonds. The third kappa shape index (κ3) is 2.79. The highest BCUT2D eigenvalue weighted by Gasteiger charge is 2.20. The topological polar surface area (TPSA) is 47.6 Å². The van der Waals surface area contributed by atoms with Crippen LogP contribution < -0.4 is 5.32 Å². The molecule has 0 aliphatic carbocycles. The van der Waals surface area contributed by atoms with Gasteiger partial charge in [-0.15, -0.1) is 0 Å². The Balaban J connectivity index is 2.32. The molecule has 1 aliphatic heterocycles. The van der Waals surface area contributed by atoms with Gasteiger partial charge in [0.2, 0.25) is 0 Å². The molecule has 0 spiro atoms. The van der Waals surface area contributed by atoms with E-state index in [1.54, 1.807) is 6.92 Å². The van der Waals surface area contributed by atoms with E-state index in [4.69, 9.17) is 9.47 Å². The van der Waals surface area contributed by atoms with Gasteiger partial charge >= 0.3 is 5.97 Å². The van der Waals surface area contributed by atoms with Gasteiger partial charge in [-0.1, -0.05) is 0 Å². The van der Waals surface area contributed by atoms with E-state index in [0.717, 1.165) is 19.6 Å². The van der Waals surface area contributed by atoms with E-state index in [-0.39, 0.29) is 12.0 Å². The second-order valence-electron chi connectivity index (χ2n) is 2.69. The van der Waals surface area contributed by atoms with Gasteiger partial charge < -0.3 is 14.8 Å². The molecule has 1 atom stereocenters. The van der Waals surface area contributed by atoms with Gasteiger partial charge in [0.05, 0.1) is 13.2 Å². The molecule has 0 aromatic rings. The summed E-state index contributed by atoms with van der Waals surface area (Å²) in [6, 6.07) is -0.271. The lowest BCUT2D eigenvalue weighted by Gasteiger charge is -2.12. The molecule has 0 aromatic carbocycles. The molecular formula is C8H15NO3. The van der Waals surface area contributed by atoms with Gasteiger partial charge in [0.15, 0.2) is 0 Å². The molecule has 1 saturated heterocycles. The highest BCUT2D eigenvalue weighted by Crippen LogP contribution is 1.96. The average Bonchev–Trinajstić information content (AvgIpc) is 2.32. The predicted molar refractivity (Wildman–Crippen MR) is 43.9 cm³/mol. The highest BCUT2D eigenvalue weighted by molar-refractivity contribution is 5.75. The van der Waals surface area contributed by atoms with Gasteiger partial charge in [0.1, 0.15) is 6.04 Å². The minimum atomic E-state index is -0.271. The number of rotatable bonds is 2. The Bertz CT molecular complexity index is 141. The van der Waals surface area contributed by atoms with Crippen molar-refractivity contribution >= 4 is 5.97 Å². The maximum absolute atomic E-state index is 11.2. The molecule has 0 saturated carbocycles. The first kappa shape index (κ1) is 9.48. The Morgan fingerprint density at radius 3 is 3.33 bits per heavy atom. The zero-order valence-corrected chi connectivity index (χ0v) is 7.34.